The lowest BCUT2D eigenvalue weighted by atomic mass is 9.98. The number of amides is 2. The van der Waals surface area contributed by atoms with Gasteiger partial charge in [-0.3, -0.25) is 4.79 Å². The molecule has 1 rings (SSSR count). The second-order valence-corrected chi connectivity index (χ2v) is 4.66. The number of hydrogen-bond acceptors (Lipinski definition) is 3. The molecule has 0 aromatic carbocycles. The Bertz CT molecular complexity index is 281. The van der Waals surface area contributed by atoms with E-state index in [-0.39, 0.29) is 18.5 Å². The highest BCUT2D eigenvalue weighted by atomic mass is 16.5. The second-order valence-electron chi connectivity index (χ2n) is 4.66. The second kappa shape index (κ2) is 7.95. The van der Waals surface area contributed by atoms with Crippen LogP contribution in [0.1, 0.15) is 39.5 Å². The Morgan fingerprint density at radius 1 is 1.28 bits per heavy atom. The van der Waals surface area contributed by atoms with Crippen LogP contribution in [0, 0.1) is 5.92 Å². The summed E-state index contributed by atoms with van der Waals surface area (Å²) in [5.41, 5.74) is 0. The van der Waals surface area contributed by atoms with Crippen molar-refractivity contribution in [2.75, 3.05) is 26.2 Å². The summed E-state index contributed by atoms with van der Waals surface area (Å²) in [6.45, 7) is 5.82. The zero-order valence-corrected chi connectivity index (χ0v) is 11.4. The van der Waals surface area contributed by atoms with Crippen molar-refractivity contribution in [3.05, 3.63) is 0 Å². The number of carbonyl (C=O) groups excluding carboxylic acids is 2. The number of rotatable bonds is 4. The predicted octanol–water partition coefficient (Wildman–Crippen LogP) is 1.77. The van der Waals surface area contributed by atoms with Crippen LogP contribution in [0.3, 0.4) is 0 Å². The number of urea groups is 1. The van der Waals surface area contributed by atoms with Crippen molar-refractivity contribution in [2.24, 2.45) is 5.92 Å². The van der Waals surface area contributed by atoms with Crippen LogP contribution < -0.4 is 5.32 Å². The largest absolute Gasteiger partial charge is 0.465 e. The summed E-state index contributed by atoms with van der Waals surface area (Å²) in [4.78, 5) is 24.8. The molecule has 1 saturated heterocycles. The summed E-state index contributed by atoms with van der Waals surface area (Å²) in [6.07, 6.45) is 4.48. The molecule has 1 fully saturated rings. The van der Waals surface area contributed by atoms with Gasteiger partial charge in [0.05, 0.1) is 6.61 Å². The molecule has 18 heavy (non-hydrogen) atoms. The van der Waals surface area contributed by atoms with E-state index in [0.717, 1.165) is 31.8 Å². The highest BCUT2D eigenvalue weighted by Gasteiger charge is 2.19. The number of nitrogens with one attached hydrogen (secondary N) is 1. The number of hydrogen-bond donors (Lipinski definition) is 1. The molecule has 5 nitrogen and oxygen atoms in total. The van der Waals surface area contributed by atoms with Crippen LogP contribution >= 0.6 is 0 Å². The van der Waals surface area contributed by atoms with E-state index in [9.17, 15) is 9.59 Å². The Morgan fingerprint density at radius 3 is 2.72 bits per heavy atom. The number of ether oxygens (including phenoxy) is 1. The van der Waals surface area contributed by atoms with Gasteiger partial charge in [-0.05, 0) is 32.1 Å². The summed E-state index contributed by atoms with van der Waals surface area (Å²) in [5.74, 6) is 0.347. The Hall–Kier alpha value is -1.26. The molecule has 1 unspecified atom stereocenters. The number of likely N-dealkylation sites (tertiary alicyclic amines) is 1. The van der Waals surface area contributed by atoms with Crippen LogP contribution in [-0.4, -0.2) is 43.1 Å². The molecule has 1 N–H and O–H groups in total. The first kappa shape index (κ1) is 14.8. The van der Waals surface area contributed by atoms with Gasteiger partial charge in [-0.25, -0.2) is 4.79 Å². The van der Waals surface area contributed by atoms with E-state index in [1.807, 2.05) is 0 Å². The minimum absolute atomic E-state index is 0.0413. The fourth-order valence-electron chi connectivity index (χ4n) is 2.25. The van der Waals surface area contributed by atoms with Gasteiger partial charge >= 0.3 is 12.0 Å². The molecule has 0 spiro atoms. The molecule has 104 valence electrons. The van der Waals surface area contributed by atoms with Gasteiger partial charge in [-0.15, -0.1) is 0 Å². The third kappa shape index (κ3) is 4.94. The van der Waals surface area contributed by atoms with E-state index in [0.29, 0.717) is 6.61 Å². The molecular weight excluding hydrogens is 232 g/mol. The molecule has 0 aliphatic carbocycles. The van der Waals surface area contributed by atoms with Gasteiger partial charge in [0.25, 0.3) is 0 Å². The molecule has 0 aromatic heterocycles. The normalized spacial score (nSPS) is 20.1. The number of carbonyl (C=O) groups is 2. The molecule has 1 heterocycles. The average Bonchev–Trinajstić information content (AvgIpc) is 2.61. The van der Waals surface area contributed by atoms with Crippen molar-refractivity contribution in [3.8, 4) is 0 Å². The fourth-order valence-corrected chi connectivity index (χ4v) is 2.25. The highest BCUT2D eigenvalue weighted by molar-refractivity contribution is 5.80. The van der Waals surface area contributed by atoms with Crippen molar-refractivity contribution in [1.29, 1.82) is 0 Å². The van der Waals surface area contributed by atoms with Crippen molar-refractivity contribution in [3.63, 3.8) is 0 Å². The van der Waals surface area contributed by atoms with Crippen LogP contribution in [0.15, 0.2) is 0 Å². The van der Waals surface area contributed by atoms with Crippen molar-refractivity contribution < 1.29 is 14.3 Å². The monoisotopic (exact) mass is 256 g/mol. The van der Waals surface area contributed by atoms with Gasteiger partial charge in [-0.1, -0.05) is 13.3 Å². The Morgan fingerprint density at radius 2 is 2.06 bits per heavy atom. The summed E-state index contributed by atoms with van der Waals surface area (Å²) >= 11 is 0. The topological polar surface area (TPSA) is 58.6 Å². The lowest BCUT2D eigenvalue weighted by Crippen LogP contribution is -2.42. The predicted molar refractivity (Wildman–Crippen MR) is 69.2 cm³/mol. The average molecular weight is 256 g/mol. The van der Waals surface area contributed by atoms with E-state index >= 15 is 0 Å². The summed E-state index contributed by atoms with van der Waals surface area (Å²) < 4.78 is 4.77. The van der Waals surface area contributed by atoms with Crippen LogP contribution in [0.4, 0.5) is 4.79 Å². The minimum Gasteiger partial charge on any atom is -0.465 e. The quantitative estimate of drug-likeness (QED) is 0.780. The van der Waals surface area contributed by atoms with Crippen LogP contribution in [0.2, 0.25) is 0 Å². The standard InChI is InChI=1S/C13H24N2O3/c1-3-11-6-5-8-15(9-7-11)13(17)14-10-12(16)18-4-2/h11H,3-10H2,1-2H3,(H,14,17). The minimum atomic E-state index is -0.382. The fraction of sp³-hybridized carbons (Fsp3) is 0.846. The van der Waals surface area contributed by atoms with Gasteiger partial charge in [0.1, 0.15) is 6.54 Å². The van der Waals surface area contributed by atoms with Gasteiger partial charge < -0.3 is 15.0 Å². The zero-order valence-electron chi connectivity index (χ0n) is 11.4. The van der Waals surface area contributed by atoms with E-state index in [1.54, 1.807) is 11.8 Å². The molecule has 1 aliphatic rings. The van der Waals surface area contributed by atoms with E-state index < -0.39 is 0 Å². The van der Waals surface area contributed by atoms with Crippen molar-refractivity contribution >= 4 is 12.0 Å². The summed E-state index contributed by atoms with van der Waals surface area (Å²) in [7, 11) is 0. The maximum Gasteiger partial charge on any atom is 0.325 e. The Labute approximate surface area is 109 Å². The first-order valence-corrected chi connectivity index (χ1v) is 6.85. The van der Waals surface area contributed by atoms with Crippen LogP contribution in [0.5, 0.6) is 0 Å². The van der Waals surface area contributed by atoms with E-state index in [2.05, 4.69) is 12.2 Å². The van der Waals surface area contributed by atoms with Crippen molar-refractivity contribution in [1.82, 2.24) is 10.2 Å². The number of nitrogens with zero attached hydrogens (tertiary/aromatic N) is 1. The lowest BCUT2D eigenvalue weighted by molar-refractivity contribution is -0.141. The SMILES string of the molecule is CCOC(=O)CNC(=O)N1CCCC(CC)CC1. The smallest absolute Gasteiger partial charge is 0.325 e. The lowest BCUT2D eigenvalue weighted by Gasteiger charge is -2.20. The van der Waals surface area contributed by atoms with Gasteiger partial charge in [-0.2, -0.15) is 0 Å². The maximum absolute atomic E-state index is 11.9. The van der Waals surface area contributed by atoms with Gasteiger partial charge in [0.15, 0.2) is 0 Å². The Kier molecular flexibility index (Phi) is 6.54. The highest BCUT2D eigenvalue weighted by Crippen LogP contribution is 2.19. The van der Waals surface area contributed by atoms with Crippen molar-refractivity contribution in [2.45, 2.75) is 39.5 Å². The molecule has 0 saturated carbocycles. The third-order valence-corrected chi connectivity index (χ3v) is 3.40. The van der Waals surface area contributed by atoms with Crippen LogP contribution in [0.25, 0.3) is 0 Å². The molecule has 0 aromatic rings. The molecule has 1 atom stereocenters. The van der Waals surface area contributed by atoms with Gasteiger partial charge in [0, 0.05) is 13.1 Å². The molecule has 5 heteroatoms. The molecular formula is C13H24N2O3. The van der Waals surface area contributed by atoms with Crippen LogP contribution in [-0.2, 0) is 9.53 Å². The molecule has 0 bridgehead atoms. The Balaban J connectivity index is 2.30. The maximum atomic E-state index is 11.9. The summed E-state index contributed by atoms with van der Waals surface area (Å²) in [6, 6.07) is -0.153. The third-order valence-electron chi connectivity index (χ3n) is 3.40. The number of esters is 1. The molecule has 1 aliphatic heterocycles. The van der Waals surface area contributed by atoms with E-state index in [1.165, 1.54) is 12.8 Å². The van der Waals surface area contributed by atoms with E-state index in [4.69, 9.17) is 4.74 Å². The molecule has 0 radical (unpaired) electrons. The molecule has 2 amide bonds. The summed E-state index contributed by atoms with van der Waals surface area (Å²) in [5, 5.41) is 2.61. The first-order valence-electron chi connectivity index (χ1n) is 6.85. The first-order chi connectivity index (χ1) is 8.67. The zero-order chi connectivity index (χ0) is 13.4. The van der Waals surface area contributed by atoms with Gasteiger partial charge in [0.2, 0.25) is 0 Å².